The number of unbranched alkanes of at least 4 members (excludes halogenated alkanes) is 2. The van der Waals surface area contributed by atoms with Gasteiger partial charge >= 0.3 is 5.97 Å². The molecule has 0 radical (unpaired) electrons. The summed E-state index contributed by atoms with van der Waals surface area (Å²) in [5.74, 6) is 2.57. The van der Waals surface area contributed by atoms with Crippen molar-refractivity contribution in [2.45, 2.75) is 95.9 Å². The molecule has 0 aromatic heterocycles. The third kappa shape index (κ3) is 8.09. The van der Waals surface area contributed by atoms with Gasteiger partial charge in [0.2, 0.25) is 0 Å². The van der Waals surface area contributed by atoms with Crippen LogP contribution in [0.4, 0.5) is 5.69 Å². The van der Waals surface area contributed by atoms with Crippen molar-refractivity contribution in [3.8, 4) is 22.6 Å². The van der Waals surface area contributed by atoms with Gasteiger partial charge in [-0.15, -0.1) is 0 Å². The molecular formula is C57H59NO5. The third-order valence-corrected chi connectivity index (χ3v) is 14.3. The molecule has 4 aliphatic rings. The van der Waals surface area contributed by atoms with Crippen molar-refractivity contribution in [3.05, 3.63) is 166 Å². The van der Waals surface area contributed by atoms with E-state index in [0.29, 0.717) is 23.8 Å². The van der Waals surface area contributed by atoms with Gasteiger partial charge in [-0.1, -0.05) is 118 Å². The number of fused-ring (bicyclic) bond motifs is 6. The Hall–Kier alpha value is -5.69. The molecule has 1 unspecified atom stereocenters. The smallest absolute Gasteiger partial charge is 0.343 e. The van der Waals surface area contributed by atoms with Gasteiger partial charge in [0.1, 0.15) is 11.5 Å². The highest BCUT2D eigenvalue weighted by molar-refractivity contribution is 6.00. The fraction of sp³-hybridized carbons (Fsp3) is 0.351. The molecule has 2 fully saturated rings. The normalized spacial score (nSPS) is 21.4. The molecule has 63 heavy (non-hydrogen) atoms. The minimum absolute atomic E-state index is 0.355. The number of esters is 1. The summed E-state index contributed by atoms with van der Waals surface area (Å²) in [6, 6.07) is 42.0. The Morgan fingerprint density at radius 2 is 1.48 bits per heavy atom. The fourth-order valence-corrected chi connectivity index (χ4v) is 10.7. The van der Waals surface area contributed by atoms with E-state index in [1.165, 1.54) is 73.7 Å². The maximum Gasteiger partial charge on any atom is 0.343 e. The number of rotatable bonds is 11. The predicted octanol–water partition coefficient (Wildman–Crippen LogP) is 13.5. The summed E-state index contributed by atoms with van der Waals surface area (Å²) < 4.78 is 25.5. The maximum atomic E-state index is 13.4. The second kappa shape index (κ2) is 17.5. The average Bonchev–Trinajstić information content (AvgIpc) is 3.67. The highest BCUT2D eigenvalue weighted by Crippen LogP contribution is 2.53. The second-order valence-electron chi connectivity index (χ2n) is 18.6. The molecule has 322 valence electrons. The molecular weight excluding hydrogens is 779 g/mol. The standard InChI is InChI=1S/C57H59NO5/c1-4-5-7-10-39-13-15-40(16-14-39)41-21-28-48(29-22-41)62-55(59)43-19-17-42(18-20-43)44-23-30-49-51(37-44)52-38-61-56(2,3)53(52)50-31-32-57(63-54(49)50,45-11-8-6-9-12-45)46-24-26-47(27-25-46)58-33-35-60-36-34-58/h6,8-9,11-12,17-32,37,39-40H,4-5,7,10,13-16,33-36,38H2,1-3H3. The van der Waals surface area contributed by atoms with Crippen LogP contribution in [0.2, 0.25) is 0 Å². The topological polar surface area (TPSA) is 57.2 Å². The zero-order valence-corrected chi connectivity index (χ0v) is 37.0. The first kappa shape index (κ1) is 41.3. The van der Waals surface area contributed by atoms with E-state index in [0.717, 1.165) is 76.6 Å². The van der Waals surface area contributed by atoms with Gasteiger partial charge in [0, 0.05) is 46.4 Å². The van der Waals surface area contributed by atoms with Gasteiger partial charge in [-0.2, -0.15) is 0 Å². The van der Waals surface area contributed by atoms with Crippen LogP contribution in [-0.4, -0.2) is 32.3 Å². The van der Waals surface area contributed by atoms with Gasteiger partial charge in [0.25, 0.3) is 0 Å². The van der Waals surface area contributed by atoms with Gasteiger partial charge in [0.05, 0.1) is 31.0 Å². The highest BCUT2D eigenvalue weighted by atomic mass is 16.5. The molecule has 0 bridgehead atoms. The highest BCUT2D eigenvalue weighted by Gasteiger charge is 2.43. The number of anilines is 1. The first-order valence-corrected chi connectivity index (χ1v) is 23.4. The summed E-state index contributed by atoms with van der Waals surface area (Å²) in [7, 11) is 0. The Kier molecular flexibility index (Phi) is 11.5. The Morgan fingerprint density at radius 3 is 2.21 bits per heavy atom. The Morgan fingerprint density at radius 1 is 0.762 bits per heavy atom. The lowest BCUT2D eigenvalue weighted by molar-refractivity contribution is -0.00802. The fourth-order valence-electron chi connectivity index (χ4n) is 10.7. The maximum absolute atomic E-state index is 13.4. The predicted molar refractivity (Wildman–Crippen MR) is 254 cm³/mol. The van der Waals surface area contributed by atoms with Crippen molar-refractivity contribution in [2.75, 3.05) is 31.2 Å². The minimum atomic E-state index is -0.847. The SMILES string of the molecule is CCCCCC1CCC(c2ccc(OC(=O)c3ccc(-c4ccc5c6c(c7c(c5c4)COC7(C)C)C=CC(c4ccccc4)(c4ccc(N5CCOCC5)cc4)O6)cc3)cc2)CC1. The molecule has 0 amide bonds. The molecule has 6 aromatic carbocycles. The summed E-state index contributed by atoms with van der Waals surface area (Å²) in [5, 5.41) is 2.16. The first-order chi connectivity index (χ1) is 30.8. The number of hydrogen-bond acceptors (Lipinski definition) is 6. The van der Waals surface area contributed by atoms with Crippen LogP contribution in [0.25, 0.3) is 28.0 Å². The van der Waals surface area contributed by atoms with Crippen LogP contribution < -0.4 is 14.4 Å². The van der Waals surface area contributed by atoms with Crippen molar-refractivity contribution in [1.29, 1.82) is 0 Å². The molecule has 1 saturated heterocycles. The van der Waals surface area contributed by atoms with Crippen molar-refractivity contribution >= 4 is 28.5 Å². The Bertz CT molecular complexity index is 2600. The van der Waals surface area contributed by atoms with E-state index in [1.807, 2.05) is 36.4 Å². The molecule has 10 rings (SSSR count). The van der Waals surface area contributed by atoms with E-state index in [-0.39, 0.29) is 5.97 Å². The van der Waals surface area contributed by atoms with Crippen LogP contribution >= 0.6 is 0 Å². The average molecular weight is 838 g/mol. The summed E-state index contributed by atoms with van der Waals surface area (Å²) in [6.45, 7) is 10.4. The number of morpholine rings is 1. The zero-order valence-electron chi connectivity index (χ0n) is 37.0. The van der Waals surface area contributed by atoms with Crippen LogP contribution in [0, 0.1) is 5.92 Å². The monoisotopic (exact) mass is 837 g/mol. The molecule has 0 N–H and O–H groups in total. The molecule has 3 aliphatic heterocycles. The molecule has 1 atom stereocenters. The van der Waals surface area contributed by atoms with E-state index in [9.17, 15) is 4.79 Å². The molecule has 6 aromatic rings. The number of hydrogen-bond donors (Lipinski definition) is 0. The van der Waals surface area contributed by atoms with Crippen molar-refractivity contribution in [1.82, 2.24) is 0 Å². The first-order valence-electron chi connectivity index (χ1n) is 23.4. The van der Waals surface area contributed by atoms with Gasteiger partial charge in [-0.3, -0.25) is 0 Å². The van der Waals surface area contributed by atoms with Gasteiger partial charge in [0.15, 0.2) is 5.60 Å². The second-order valence-corrected chi connectivity index (χ2v) is 18.6. The molecule has 1 aliphatic carbocycles. The largest absolute Gasteiger partial charge is 0.472 e. The van der Waals surface area contributed by atoms with Gasteiger partial charge in [-0.05, 0) is 128 Å². The zero-order chi connectivity index (χ0) is 43.0. The Labute approximate surface area is 372 Å². The van der Waals surface area contributed by atoms with Crippen molar-refractivity contribution in [2.24, 2.45) is 5.92 Å². The lowest BCUT2D eigenvalue weighted by Crippen LogP contribution is -2.37. The minimum Gasteiger partial charge on any atom is -0.472 e. The van der Waals surface area contributed by atoms with Crippen LogP contribution in [-0.2, 0) is 27.3 Å². The van der Waals surface area contributed by atoms with Crippen LogP contribution in [0.5, 0.6) is 11.5 Å². The van der Waals surface area contributed by atoms with Gasteiger partial charge < -0.3 is 23.8 Å². The van der Waals surface area contributed by atoms with Crippen molar-refractivity contribution < 1.29 is 23.7 Å². The van der Waals surface area contributed by atoms with Crippen LogP contribution in [0.15, 0.2) is 127 Å². The molecule has 1 saturated carbocycles. The number of benzene rings is 6. The number of carbonyl (C=O) groups is 1. The Balaban J connectivity index is 0.908. The molecule has 3 heterocycles. The van der Waals surface area contributed by atoms with E-state index in [4.69, 9.17) is 18.9 Å². The number of nitrogens with zero attached hydrogens (tertiary/aromatic N) is 1. The summed E-state index contributed by atoms with van der Waals surface area (Å²) in [6.07, 6.45) is 15.0. The van der Waals surface area contributed by atoms with E-state index in [1.54, 1.807) is 0 Å². The lowest BCUT2D eigenvalue weighted by atomic mass is 9.77. The number of carbonyl (C=O) groups excluding carboxylic acids is 1. The summed E-state index contributed by atoms with van der Waals surface area (Å²) >= 11 is 0. The van der Waals surface area contributed by atoms with E-state index < -0.39 is 11.2 Å². The lowest BCUT2D eigenvalue weighted by Gasteiger charge is -2.38. The molecule has 6 nitrogen and oxygen atoms in total. The summed E-state index contributed by atoms with van der Waals surface area (Å²) in [4.78, 5) is 15.8. The third-order valence-electron chi connectivity index (χ3n) is 14.3. The molecule has 6 heteroatoms. The summed E-state index contributed by atoms with van der Waals surface area (Å²) in [5.41, 5.74) is 9.34. The van der Waals surface area contributed by atoms with E-state index >= 15 is 0 Å². The van der Waals surface area contributed by atoms with Gasteiger partial charge in [-0.25, -0.2) is 4.79 Å². The quantitative estimate of drug-likeness (QED) is 0.0736. The van der Waals surface area contributed by atoms with E-state index in [2.05, 4.69) is 123 Å². The molecule has 0 spiro atoms. The number of ether oxygens (including phenoxy) is 4. The van der Waals surface area contributed by atoms with Crippen LogP contribution in [0.1, 0.15) is 122 Å². The van der Waals surface area contributed by atoms with Crippen LogP contribution in [0.3, 0.4) is 0 Å². The van der Waals surface area contributed by atoms with Crippen molar-refractivity contribution in [3.63, 3.8) is 0 Å².